The summed E-state index contributed by atoms with van der Waals surface area (Å²) in [6.45, 7) is 5.75. The number of benzene rings is 1. The van der Waals surface area contributed by atoms with Crippen molar-refractivity contribution >= 4 is 17.9 Å². The molecule has 0 aliphatic carbocycles. The van der Waals surface area contributed by atoms with Gasteiger partial charge in [-0.15, -0.1) is 0 Å². The molecule has 0 fully saturated rings. The summed E-state index contributed by atoms with van der Waals surface area (Å²) in [6.07, 6.45) is 23.8. The first-order valence-corrected chi connectivity index (χ1v) is 15.5. The van der Waals surface area contributed by atoms with Crippen LogP contribution in [0, 0.1) is 0 Å². The molecule has 0 aliphatic heterocycles. The van der Waals surface area contributed by atoms with Gasteiger partial charge in [0.15, 0.2) is 6.10 Å². The van der Waals surface area contributed by atoms with Gasteiger partial charge < -0.3 is 14.2 Å². The molecule has 1 aromatic rings. The van der Waals surface area contributed by atoms with Gasteiger partial charge in [-0.2, -0.15) is 0 Å². The van der Waals surface area contributed by atoms with Crippen molar-refractivity contribution in [2.45, 2.75) is 117 Å². The maximum absolute atomic E-state index is 12.5. The van der Waals surface area contributed by atoms with Crippen LogP contribution in [0.25, 0.3) is 0 Å². The maximum Gasteiger partial charge on any atom is 0.306 e. The van der Waals surface area contributed by atoms with Crippen LogP contribution in [0.1, 0.15) is 109 Å². The van der Waals surface area contributed by atoms with Gasteiger partial charge >= 0.3 is 17.9 Å². The highest BCUT2D eigenvalue weighted by molar-refractivity contribution is 5.71. The first-order valence-electron chi connectivity index (χ1n) is 15.5. The highest BCUT2D eigenvalue weighted by Gasteiger charge is 2.19. The number of esters is 3. The predicted molar refractivity (Wildman–Crippen MR) is 165 cm³/mol. The Labute approximate surface area is 248 Å². The highest BCUT2D eigenvalue weighted by Crippen LogP contribution is 2.14. The molecule has 0 spiro atoms. The fraction of sp³-hybridized carbons (Fsp3) is 0.571. The van der Waals surface area contributed by atoms with Crippen molar-refractivity contribution in [3.8, 4) is 0 Å². The zero-order valence-corrected chi connectivity index (χ0v) is 25.6. The van der Waals surface area contributed by atoms with Crippen LogP contribution in [0.15, 0.2) is 60.7 Å². The molecule has 0 amide bonds. The molecule has 41 heavy (non-hydrogen) atoms. The quantitative estimate of drug-likeness (QED) is 0.0573. The lowest BCUT2D eigenvalue weighted by atomic mass is 9.99. The van der Waals surface area contributed by atoms with E-state index < -0.39 is 12.1 Å². The van der Waals surface area contributed by atoms with Crippen LogP contribution in [-0.4, -0.2) is 37.2 Å². The van der Waals surface area contributed by atoms with Gasteiger partial charge in [0.05, 0.1) is 0 Å². The molecular weight excluding hydrogens is 516 g/mol. The highest BCUT2D eigenvalue weighted by atomic mass is 16.6. The Bertz CT molecular complexity index is 924. The van der Waals surface area contributed by atoms with Crippen molar-refractivity contribution in [1.82, 2.24) is 0 Å². The van der Waals surface area contributed by atoms with Crippen LogP contribution < -0.4 is 0 Å². The summed E-state index contributed by atoms with van der Waals surface area (Å²) in [6, 6.07) is 8.29. The van der Waals surface area contributed by atoms with Crippen molar-refractivity contribution in [2.75, 3.05) is 13.2 Å². The zero-order chi connectivity index (χ0) is 30.0. The predicted octanol–water partition coefficient (Wildman–Crippen LogP) is 8.18. The summed E-state index contributed by atoms with van der Waals surface area (Å²) < 4.78 is 15.9. The van der Waals surface area contributed by atoms with E-state index in [1.807, 2.05) is 26.0 Å². The molecule has 0 aliphatic rings. The van der Waals surface area contributed by atoms with E-state index in [1.165, 1.54) is 36.8 Å². The average Bonchev–Trinajstić information content (AvgIpc) is 2.96. The average molecular weight is 569 g/mol. The first kappa shape index (κ1) is 35.9. The molecule has 0 saturated carbocycles. The van der Waals surface area contributed by atoms with Crippen LogP contribution in [0.5, 0.6) is 0 Å². The number of carbonyl (C=O) groups excluding carboxylic acids is 3. The van der Waals surface area contributed by atoms with Gasteiger partial charge in [0.1, 0.15) is 13.2 Å². The number of hydrogen-bond acceptors (Lipinski definition) is 6. The third-order valence-electron chi connectivity index (χ3n) is 6.37. The Hall–Kier alpha value is -3.15. The summed E-state index contributed by atoms with van der Waals surface area (Å²) in [4.78, 5) is 36.1. The first-order chi connectivity index (χ1) is 20.0. The van der Waals surface area contributed by atoms with Crippen LogP contribution in [0.3, 0.4) is 0 Å². The summed E-state index contributed by atoms with van der Waals surface area (Å²) in [5, 5.41) is 0. The molecular formula is C35H52O6. The molecule has 228 valence electrons. The monoisotopic (exact) mass is 568 g/mol. The van der Waals surface area contributed by atoms with Gasteiger partial charge in [0.2, 0.25) is 0 Å². The molecule has 1 aromatic carbocycles. The van der Waals surface area contributed by atoms with E-state index in [4.69, 9.17) is 14.2 Å². The second-order valence-corrected chi connectivity index (χ2v) is 10.2. The number of rotatable bonds is 23. The van der Waals surface area contributed by atoms with Crippen LogP contribution in [-0.2, 0) is 41.4 Å². The molecule has 0 N–H and O–H groups in total. The number of carbonyl (C=O) groups is 3. The molecule has 6 nitrogen and oxygen atoms in total. The van der Waals surface area contributed by atoms with Crippen molar-refractivity contribution < 1.29 is 28.6 Å². The largest absolute Gasteiger partial charge is 0.462 e. The summed E-state index contributed by atoms with van der Waals surface area (Å²) in [5.74, 6) is -1.12. The van der Waals surface area contributed by atoms with E-state index in [9.17, 15) is 14.4 Å². The Morgan fingerprint density at radius 1 is 0.659 bits per heavy atom. The van der Waals surface area contributed by atoms with Crippen molar-refractivity contribution in [3.63, 3.8) is 0 Å². The normalized spacial score (nSPS) is 11.6. The molecule has 0 atom stereocenters. The standard InChI is InChI=1S/C35H52O6/c1-4-7-8-9-10-11-12-13-14-15-16-17-23-30-24-18-19-25-31(30)26-20-27-35(38)41-32(28-39-33(36)21-5-2)29-40-34(37)22-6-3/h10-11,13-14,16-19,24-25,32H,4-9,12,15,20-23,26-29H2,1-3H3/b11-10-,14-13-,17-16-. The van der Waals surface area contributed by atoms with Crippen molar-refractivity contribution in [2.24, 2.45) is 0 Å². The lowest BCUT2D eigenvalue weighted by Gasteiger charge is -2.18. The second kappa shape index (κ2) is 24.6. The van der Waals surface area contributed by atoms with E-state index >= 15 is 0 Å². The van der Waals surface area contributed by atoms with Gasteiger partial charge in [-0.05, 0) is 68.9 Å². The van der Waals surface area contributed by atoms with Crippen LogP contribution in [0.2, 0.25) is 0 Å². The van der Waals surface area contributed by atoms with Crippen molar-refractivity contribution in [3.05, 3.63) is 71.8 Å². The number of hydrogen-bond donors (Lipinski definition) is 0. The molecule has 0 radical (unpaired) electrons. The molecule has 0 unspecified atom stereocenters. The van der Waals surface area contributed by atoms with Gasteiger partial charge in [-0.25, -0.2) is 0 Å². The Morgan fingerprint density at radius 2 is 1.24 bits per heavy atom. The van der Waals surface area contributed by atoms with Gasteiger partial charge in [0, 0.05) is 19.3 Å². The third kappa shape index (κ3) is 19.5. The molecule has 0 bridgehead atoms. The summed E-state index contributed by atoms with van der Waals surface area (Å²) in [5.41, 5.74) is 2.46. The smallest absolute Gasteiger partial charge is 0.306 e. The molecule has 1 rings (SSSR count). The summed E-state index contributed by atoms with van der Waals surface area (Å²) >= 11 is 0. The minimum Gasteiger partial charge on any atom is -0.462 e. The van der Waals surface area contributed by atoms with Gasteiger partial charge in [0.25, 0.3) is 0 Å². The zero-order valence-electron chi connectivity index (χ0n) is 25.6. The molecule has 6 heteroatoms. The Morgan fingerprint density at radius 3 is 1.85 bits per heavy atom. The lowest BCUT2D eigenvalue weighted by molar-refractivity contribution is -0.166. The molecule has 0 saturated heterocycles. The third-order valence-corrected chi connectivity index (χ3v) is 6.37. The number of aryl methyl sites for hydroxylation is 1. The topological polar surface area (TPSA) is 78.9 Å². The Balaban J connectivity index is 2.46. The van der Waals surface area contributed by atoms with E-state index in [0.717, 1.165) is 25.7 Å². The minimum atomic E-state index is -0.808. The minimum absolute atomic E-state index is 0.121. The lowest BCUT2D eigenvalue weighted by Crippen LogP contribution is -2.30. The van der Waals surface area contributed by atoms with E-state index in [-0.39, 0.29) is 31.6 Å². The maximum atomic E-state index is 12.5. The number of ether oxygens (including phenoxy) is 3. The van der Waals surface area contributed by atoms with Crippen LogP contribution in [0.4, 0.5) is 0 Å². The Kier molecular flexibility index (Phi) is 21.6. The molecule has 0 aromatic heterocycles. The van der Waals surface area contributed by atoms with E-state index in [2.05, 4.69) is 55.5 Å². The van der Waals surface area contributed by atoms with Crippen molar-refractivity contribution in [1.29, 1.82) is 0 Å². The van der Waals surface area contributed by atoms with E-state index in [0.29, 0.717) is 32.1 Å². The van der Waals surface area contributed by atoms with E-state index in [1.54, 1.807) is 0 Å². The fourth-order valence-electron chi connectivity index (χ4n) is 4.09. The summed E-state index contributed by atoms with van der Waals surface area (Å²) in [7, 11) is 0. The fourth-order valence-corrected chi connectivity index (χ4v) is 4.09. The number of unbranched alkanes of at least 4 members (excludes halogenated alkanes) is 3. The SMILES string of the molecule is CCCCC/C=C\C/C=C\C/C=C\Cc1ccccc1CCCC(=O)OC(COC(=O)CCC)COC(=O)CCC. The molecule has 0 heterocycles. The van der Waals surface area contributed by atoms with Crippen LogP contribution >= 0.6 is 0 Å². The second-order valence-electron chi connectivity index (χ2n) is 10.2. The number of allylic oxidation sites excluding steroid dienone is 6. The van der Waals surface area contributed by atoms with Gasteiger partial charge in [-0.3, -0.25) is 14.4 Å². The van der Waals surface area contributed by atoms with Gasteiger partial charge in [-0.1, -0.05) is 94.3 Å².